The number of H-pyrrole nitrogens is 1. The molecule has 0 saturated carbocycles. The summed E-state index contributed by atoms with van der Waals surface area (Å²) in [5.41, 5.74) is 3.49. The van der Waals surface area contributed by atoms with Crippen LogP contribution >= 0.6 is 22.6 Å². The largest absolute Gasteiger partial charge is 0.489 e. The molecule has 1 aliphatic heterocycles. The van der Waals surface area contributed by atoms with Crippen LogP contribution < -0.4 is 4.74 Å². The van der Waals surface area contributed by atoms with Crippen molar-refractivity contribution >= 4 is 34.5 Å². The summed E-state index contributed by atoms with van der Waals surface area (Å²) in [4.78, 5) is 32.3. The Hall–Kier alpha value is -2.10. The maximum Gasteiger partial charge on any atom is 0.407 e. The number of carboxylic acid groups (broad SMARTS) is 1. The molecule has 7 nitrogen and oxygen atoms in total. The smallest absolute Gasteiger partial charge is 0.407 e. The van der Waals surface area contributed by atoms with E-state index < -0.39 is 6.09 Å². The molecule has 0 aromatic carbocycles. The fraction of sp³-hybridized carbons (Fsp3) is 0.389. The maximum atomic E-state index is 12.3. The Morgan fingerprint density at radius 3 is 3.00 bits per heavy atom. The van der Waals surface area contributed by atoms with E-state index in [1.165, 1.54) is 4.90 Å². The van der Waals surface area contributed by atoms with Gasteiger partial charge >= 0.3 is 6.09 Å². The molecule has 0 unspecified atom stereocenters. The highest BCUT2D eigenvalue weighted by atomic mass is 127. The summed E-state index contributed by atoms with van der Waals surface area (Å²) >= 11 is 2.21. The van der Waals surface area contributed by atoms with Crippen LogP contribution in [0.2, 0.25) is 0 Å². The number of ether oxygens (including phenoxy) is 1. The van der Waals surface area contributed by atoms with Gasteiger partial charge in [0.25, 0.3) is 0 Å². The van der Waals surface area contributed by atoms with Gasteiger partial charge in [-0.2, -0.15) is 0 Å². The third kappa shape index (κ3) is 2.95. The number of amides is 1. The third-order valence-electron chi connectivity index (χ3n) is 5.00. The van der Waals surface area contributed by atoms with Crippen molar-refractivity contribution in [1.82, 2.24) is 14.9 Å². The van der Waals surface area contributed by atoms with E-state index in [0.717, 1.165) is 45.3 Å². The highest BCUT2D eigenvalue weighted by Crippen LogP contribution is 2.37. The van der Waals surface area contributed by atoms with E-state index in [9.17, 15) is 9.59 Å². The second-order valence-corrected chi connectivity index (χ2v) is 7.62. The van der Waals surface area contributed by atoms with E-state index in [4.69, 9.17) is 9.84 Å². The summed E-state index contributed by atoms with van der Waals surface area (Å²) in [6.45, 7) is 0.841. The zero-order chi connectivity index (χ0) is 18.3. The normalized spacial score (nSPS) is 19.0. The van der Waals surface area contributed by atoms with Crippen LogP contribution in [0, 0.1) is 3.57 Å². The highest BCUT2D eigenvalue weighted by molar-refractivity contribution is 14.1. The van der Waals surface area contributed by atoms with E-state index >= 15 is 0 Å². The molecule has 2 N–H and O–H groups in total. The Kier molecular flexibility index (Phi) is 4.60. The van der Waals surface area contributed by atoms with Crippen molar-refractivity contribution < 1.29 is 19.4 Å². The van der Waals surface area contributed by atoms with Crippen LogP contribution in [0.1, 0.15) is 35.3 Å². The number of aromatic amines is 1. The molecule has 3 heterocycles. The first kappa shape index (κ1) is 17.3. The van der Waals surface area contributed by atoms with Gasteiger partial charge in [-0.3, -0.25) is 9.78 Å². The number of aromatic nitrogens is 2. The average molecular weight is 467 g/mol. The first-order valence-electron chi connectivity index (χ1n) is 8.56. The first-order valence-corrected chi connectivity index (χ1v) is 9.64. The van der Waals surface area contributed by atoms with Crippen LogP contribution in [-0.4, -0.2) is 51.0 Å². The molecule has 4 rings (SSSR count). The third-order valence-corrected chi connectivity index (χ3v) is 6.08. The molecule has 2 aliphatic rings. The number of ketones is 1. The lowest BCUT2D eigenvalue weighted by Crippen LogP contribution is -2.53. The molecule has 1 saturated heterocycles. The first-order chi connectivity index (χ1) is 12.6. The summed E-state index contributed by atoms with van der Waals surface area (Å²) in [5.74, 6) is 0.773. The van der Waals surface area contributed by atoms with Crippen molar-refractivity contribution in [3.05, 3.63) is 33.3 Å². The van der Waals surface area contributed by atoms with Gasteiger partial charge in [-0.25, -0.2) is 4.79 Å². The molecule has 0 spiro atoms. The van der Waals surface area contributed by atoms with Crippen LogP contribution in [0.15, 0.2) is 18.5 Å². The fourth-order valence-electron chi connectivity index (χ4n) is 3.49. The van der Waals surface area contributed by atoms with Crippen LogP contribution in [0.4, 0.5) is 4.79 Å². The van der Waals surface area contributed by atoms with Crippen LogP contribution in [-0.2, 0) is 6.42 Å². The Morgan fingerprint density at radius 1 is 1.46 bits per heavy atom. The number of nitrogens with zero attached hydrogens (tertiary/aromatic N) is 2. The Balaban J connectivity index is 1.61. The number of aryl methyl sites for hydroxylation is 1. The number of hydrogen-bond donors (Lipinski definition) is 2. The van der Waals surface area contributed by atoms with Gasteiger partial charge in [0.2, 0.25) is 0 Å². The second kappa shape index (κ2) is 6.90. The number of likely N-dealkylation sites (tertiary alicyclic amines) is 1. The molecule has 136 valence electrons. The number of hydrogen-bond acceptors (Lipinski definition) is 4. The number of carbonyl (C=O) groups excluding carboxylic acids is 1. The molecular formula is C18H18IN3O4. The van der Waals surface area contributed by atoms with Crippen molar-refractivity contribution in [2.75, 3.05) is 13.2 Å². The predicted molar refractivity (Wildman–Crippen MR) is 103 cm³/mol. The van der Waals surface area contributed by atoms with E-state index in [2.05, 4.69) is 32.6 Å². The van der Waals surface area contributed by atoms with Crippen molar-refractivity contribution in [2.24, 2.45) is 0 Å². The van der Waals surface area contributed by atoms with Crippen molar-refractivity contribution in [3.8, 4) is 17.0 Å². The standard InChI is InChI=1S/C18H18IN3O4/c19-16-15-12(2-1-3-13(15)23)21-17(16)11-4-6-20-8-14(11)26-9-10-5-7-22(10)18(24)25/h4,6,8,10,21H,1-3,5,7,9H2,(H,24,25)/t10-/m1/s1. The van der Waals surface area contributed by atoms with Gasteiger partial charge in [-0.05, 0) is 47.9 Å². The lowest BCUT2D eigenvalue weighted by Gasteiger charge is -2.38. The molecular weight excluding hydrogens is 449 g/mol. The number of carbonyl (C=O) groups is 2. The number of rotatable bonds is 4. The van der Waals surface area contributed by atoms with Gasteiger partial charge in [0.1, 0.15) is 12.4 Å². The zero-order valence-electron chi connectivity index (χ0n) is 14.0. The minimum atomic E-state index is -0.915. The van der Waals surface area contributed by atoms with Gasteiger partial charge in [0, 0.05) is 34.0 Å². The number of pyridine rings is 1. The molecule has 2 aromatic heterocycles. The topological polar surface area (TPSA) is 95.5 Å². The van der Waals surface area contributed by atoms with E-state index in [1.807, 2.05) is 6.07 Å². The Morgan fingerprint density at radius 2 is 2.31 bits per heavy atom. The predicted octanol–water partition coefficient (Wildman–Crippen LogP) is 3.33. The Bertz CT molecular complexity index is 879. The zero-order valence-corrected chi connectivity index (χ0v) is 16.2. The van der Waals surface area contributed by atoms with Crippen molar-refractivity contribution in [3.63, 3.8) is 0 Å². The second-order valence-electron chi connectivity index (χ2n) is 6.55. The van der Waals surface area contributed by atoms with Crippen molar-refractivity contribution in [1.29, 1.82) is 0 Å². The van der Waals surface area contributed by atoms with Gasteiger partial charge < -0.3 is 19.7 Å². The minimum absolute atomic E-state index is 0.127. The molecule has 26 heavy (non-hydrogen) atoms. The fourth-order valence-corrected chi connectivity index (χ4v) is 4.55. The molecule has 0 bridgehead atoms. The number of nitrogens with one attached hydrogen (secondary N) is 1. The van der Waals surface area contributed by atoms with Gasteiger partial charge in [-0.15, -0.1) is 0 Å². The summed E-state index contributed by atoms with van der Waals surface area (Å²) < 4.78 is 6.83. The summed E-state index contributed by atoms with van der Waals surface area (Å²) in [6.07, 6.45) is 5.53. The van der Waals surface area contributed by atoms with Crippen LogP contribution in [0.5, 0.6) is 5.75 Å². The summed E-state index contributed by atoms with van der Waals surface area (Å²) in [6, 6.07) is 1.73. The average Bonchev–Trinajstić information content (AvgIpc) is 2.92. The number of halogens is 1. The molecule has 8 heteroatoms. The van der Waals surface area contributed by atoms with E-state index in [1.54, 1.807) is 12.4 Å². The number of Topliss-reactive ketones (excluding diaryl/α,β-unsaturated/α-hetero) is 1. The molecule has 0 radical (unpaired) electrons. The maximum absolute atomic E-state index is 12.3. The lowest BCUT2D eigenvalue weighted by molar-refractivity contribution is 0.0500. The summed E-state index contributed by atoms with van der Waals surface area (Å²) in [7, 11) is 0. The molecule has 1 atom stereocenters. The van der Waals surface area contributed by atoms with Gasteiger partial charge in [0.05, 0.1) is 23.5 Å². The molecule has 1 fully saturated rings. The van der Waals surface area contributed by atoms with E-state index in [-0.39, 0.29) is 11.8 Å². The SMILES string of the molecule is O=C1CCCc2[nH]c(-c3ccncc3OC[C@H]3CCN3C(=O)O)c(I)c21. The summed E-state index contributed by atoms with van der Waals surface area (Å²) in [5, 5.41) is 9.11. The van der Waals surface area contributed by atoms with Gasteiger partial charge in [0.15, 0.2) is 5.78 Å². The molecule has 1 amide bonds. The lowest BCUT2D eigenvalue weighted by atomic mass is 9.96. The van der Waals surface area contributed by atoms with Gasteiger partial charge in [-0.1, -0.05) is 0 Å². The van der Waals surface area contributed by atoms with Crippen LogP contribution in [0.25, 0.3) is 11.3 Å². The molecule has 1 aliphatic carbocycles. The minimum Gasteiger partial charge on any atom is -0.489 e. The van der Waals surface area contributed by atoms with E-state index in [0.29, 0.717) is 25.3 Å². The monoisotopic (exact) mass is 467 g/mol. The Labute approximate surface area is 163 Å². The number of fused-ring (bicyclic) bond motifs is 1. The quantitative estimate of drug-likeness (QED) is 0.673. The van der Waals surface area contributed by atoms with Crippen LogP contribution in [0.3, 0.4) is 0 Å². The molecule has 2 aromatic rings. The highest BCUT2D eigenvalue weighted by Gasteiger charge is 2.33. The van der Waals surface area contributed by atoms with Crippen molar-refractivity contribution in [2.45, 2.75) is 31.7 Å².